The van der Waals surface area contributed by atoms with E-state index >= 15 is 0 Å². The number of rotatable bonds is 9. The molecule has 4 aromatic carbocycles. The van der Waals surface area contributed by atoms with E-state index in [1.807, 2.05) is 78.6 Å². The highest BCUT2D eigenvalue weighted by molar-refractivity contribution is 5.99. The van der Waals surface area contributed by atoms with Gasteiger partial charge in [0.25, 0.3) is 11.8 Å². The first kappa shape index (κ1) is 29.4. The minimum Gasteiger partial charge on any atom is -0.497 e. The number of benzene rings is 4. The van der Waals surface area contributed by atoms with Gasteiger partial charge in [0, 0.05) is 55.2 Å². The Bertz CT molecular complexity index is 1530. The normalized spacial score (nSPS) is 12.9. The third-order valence-electron chi connectivity index (χ3n) is 7.56. The summed E-state index contributed by atoms with van der Waals surface area (Å²) in [6.45, 7) is 4.89. The summed E-state index contributed by atoms with van der Waals surface area (Å²) in [5, 5.41) is 2.94. The maximum atomic E-state index is 13.4. The number of nitrogens with one attached hydrogen (secondary N) is 1. The van der Waals surface area contributed by atoms with Crippen LogP contribution in [0.15, 0.2) is 103 Å². The first-order chi connectivity index (χ1) is 20.9. The summed E-state index contributed by atoms with van der Waals surface area (Å²) in [5.74, 6) is 0.276. The second-order valence-electron chi connectivity index (χ2n) is 10.6. The number of ether oxygens (including phenoxy) is 1. The Hall–Kier alpha value is -5.11. The van der Waals surface area contributed by atoms with Crippen LogP contribution in [0.4, 0.5) is 11.4 Å². The van der Waals surface area contributed by atoms with Crippen molar-refractivity contribution in [3.05, 3.63) is 125 Å². The lowest BCUT2D eigenvalue weighted by molar-refractivity contribution is -0.117. The highest BCUT2D eigenvalue weighted by Gasteiger charge is 2.23. The first-order valence-electron chi connectivity index (χ1n) is 14.4. The lowest BCUT2D eigenvalue weighted by Crippen LogP contribution is -2.48. The van der Waals surface area contributed by atoms with Gasteiger partial charge >= 0.3 is 0 Å². The van der Waals surface area contributed by atoms with E-state index < -0.39 is 0 Å². The number of carbonyl (C=O) groups is 3. The van der Waals surface area contributed by atoms with Crippen molar-refractivity contribution in [2.24, 2.45) is 0 Å². The molecule has 0 radical (unpaired) electrons. The molecular formula is C35H36N4O4. The van der Waals surface area contributed by atoms with E-state index in [0.717, 1.165) is 22.6 Å². The van der Waals surface area contributed by atoms with Crippen molar-refractivity contribution in [2.45, 2.75) is 13.5 Å². The number of aryl methyl sites for hydroxylation is 1. The molecule has 1 saturated heterocycles. The van der Waals surface area contributed by atoms with E-state index in [9.17, 15) is 14.4 Å². The second-order valence-corrected chi connectivity index (χ2v) is 10.6. The van der Waals surface area contributed by atoms with E-state index in [2.05, 4.69) is 10.2 Å². The number of piperazine rings is 1. The summed E-state index contributed by atoms with van der Waals surface area (Å²) < 4.78 is 5.18. The van der Waals surface area contributed by atoms with Gasteiger partial charge in [-0.1, -0.05) is 48.0 Å². The molecule has 0 bridgehead atoms. The highest BCUT2D eigenvalue weighted by atomic mass is 16.5. The molecule has 0 atom stereocenters. The Morgan fingerprint density at radius 3 is 2.02 bits per heavy atom. The van der Waals surface area contributed by atoms with Gasteiger partial charge in [0.1, 0.15) is 12.3 Å². The number of nitrogens with zero attached hydrogens (tertiary/aromatic N) is 3. The Morgan fingerprint density at radius 2 is 1.40 bits per heavy atom. The third kappa shape index (κ3) is 7.60. The number of amides is 3. The topological polar surface area (TPSA) is 82.2 Å². The summed E-state index contributed by atoms with van der Waals surface area (Å²) in [4.78, 5) is 45.0. The molecule has 0 unspecified atom stereocenters. The quantitative estimate of drug-likeness (QED) is 0.295. The largest absolute Gasteiger partial charge is 0.497 e. The molecule has 1 aliphatic rings. The molecule has 1 N–H and O–H groups in total. The van der Waals surface area contributed by atoms with Crippen LogP contribution in [0.25, 0.3) is 0 Å². The minimum absolute atomic E-state index is 0.0162. The van der Waals surface area contributed by atoms with Gasteiger partial charge in [0.15, 0.2) is 0 Å². The summed E-state index contributed by atoms with van der Waals surface area (Å²) in [7, 11) is 1.60. The third-order valence-corrected chi connectivity index (χ3v) is 7.56. The predicted octanol–water partition coefficient (Wildman–Crippen LogP) is 5.25. The molecule has 1 fully saturated rings. The van der Waals surface area contributed by atoms with E-state index in [0.29, 0.717) is 49.5 Å². The lowest BCUT2D eigenvalue weighted by atomic mass is 10.1. The molecule has 0 aromatic heterocycles. The zero-order valence-corrected chi connectivity index (χ0v) is 24.5. The zero-order valence-electron chi connectivity index (χ0n) is 24.5. The van der Waals surface area contributed by atoms with Gasteiger partial charge in [-0.3, -0.25) is 14.4 Å². The lowest BCUT2D eigenvalue weighted by Gasteiger charge is -2.36. The predicted molar refractivity (Wildman–Crippen MR) is 169 cm³/mol. The molecule has 3 amide bonds. The molecule has 220 valence electrons. The number of methoxy groups -OCH3 is 1. The van der Waals surface area contributed by atoms with Crippen LogP contribution in [0, 0.1) is 6.92 Å². The zero-order chi connectivity index (χ0) is 30.2. The van der Waals surface area contributed by atoms with E-state index in [4.69, 9.17) is 4.74 Å². The van der Waals surface area contributed by atoms with Crippen molar-refractivity contribution in [3.63, 3.8) is 0 Å². The van der Waals surface area contributed by atoms with Crippen LogP contribution in [0.2, 0.25) is 0 Å². The smallest absolute Gasteiger partial charge is 0.254 e. The molecule has 0 saturated carbocycles. The Labute approximate surface area is 252 Å². The average Bonchev–Trinajstić information content (AvgIpc) is 3.05. The van der Waals surface area contributed by atoms with Crippen LogP contribution >= 0.6 is 0 Å². The molecule has 8 nitrogen and oxygen atoms in total. The number of hydrogen-bond acceptors (Lipinski definition) is 5. The summed E-state index contributed by atoms with van der Waals surface area (Å²) in [5.41, 5.74) is 4.89. The maximum Gasteiger partial charge on any atom is 0.254 e. The van der Waals surface area contributed by atoms with Gasteiger partial charge in [-0.15, -0.1) is 0 Å². The fourth-order valence-corrected chi connectivity index (χ4v) is 5.10. The molecule has 1 heterocycles. The standard InChI is InChI=1S/C35H36N4O4/c1-26-8-10-28(11-9-26)35(42)39(24-27-6-4-3-5-7-27)25-33(40)36-30-14-16-31(17-15-30)37-20-22-38(23-21-37)34(41)29-12-18-32(43-2)19-13-29/h3-19H,20-25H2,1-2H3,(H,36,40). The molecule has 8 heteroatoms. The number of carbonyl (C=O) groups excluding carboxylic acids is 3. The molecule has 4 aromatic rings. The first-order valence-corrected chi connectivity index (χ1v) is 14.4. The van der Waals surface area contributed by atoms with Crippen LogP contribution < -0.4 is 15.0 Å². The van der Waals surface area contributed by atoms with Gasteiger partial charge in [0.2, 0.25) is 5.91 Å². The Balaban J connectivity index is 1.17. The summed E-state index contributed by atoms with van der Waals surface area (Å²) in [6, 6.07) is 31.9. The van der Waals surface area contributed by atoms with E-state index in [-0.39, 0.29) is 24.3 Å². The van der Waals surface area contributed by atoms with Crippen molar-refractivity contribution < 1.29 is 19.1 Å². The van der Waals surface area contributed by atoms with Crippen LogP contribution in [0.3, 0.4) is 0 Å². The van der Waals surface area contributed by atoms with Gasteiger partial charge in [0.05, 0.1) is 7.11 Å². The van der Waals surface area contributed by atoms with Crippen LogP contribution in [0.1, 0.15) is 31.8 Å². The molecule has 1 aliphatic heterocycles. The van der Waals surface area contributed by atoms with Crippen LogP contribution in [-0.2, 0) is 11.3 Å². The molecule has 0 aliphatic carbocycles. The van der Waals surface area contributed by atoms with E-state index in [1.54, 1.807) is 48.4 Å². The fraction of sp³-hybridized carbons (Fsp3) is 0.229. The Morgan fingerprint density at radius 1 is 0.767 bits per heavy atom. The number of anilines is 2. The van der Waals surface area contributed by atoms with Gasteiger partial charge < -0.3 is 24.8 Å². The van der Waals surface area contributed by atoms with Gasteiger partial charge in [-0.2, -0.15) is 0 Å². The van der Waals surface area contributed by atoms with Crippen molar-refractivity contribution in [1.82, 2.24) is 9.80 Å². The maximum absolute atomic E-state index is 13.4. The molecule has 5 rings (SSSR count). The Kier molecular flexibility index (Phi) is 9.36. The molecular weight excluding hydrogens is 540 g/mol. The summed E-state index contributed by atoms with van der Waals surface area (Å²) >= 11 is 0. The van der Waals surface area contributed by atoms with Crippen molar-refractivity contribution >= 4 is 29.1 Å². The molecule has 43 heavy (non-hydrogen) atoms. The van der Waals surface area contributed by atoms with Crippen molar-refractivity contribution in [2.75, 3.05) is 50.1 Å². The van der Waals surface area contributed by atoms with Crippen molar-refractivity contribution in [1.29, 1.82) is 0 Å². The molecule has 0 spiro atoms. The van der Waals surface area contributed by atoms with Gasteiger partial charge in [-0.05, 0) is 73.2 Å². The van der Waals surface area contributed by atoms with Crippen molar-refractivity contribution in [3.8, 4) is 5.75 Å². The van der Waals surface area contributed by atoms with Gasteiger partial charge in [-0.25, -0.2) is 0 Å². The number of hydrogen-bond donors (Lipinski definition) is 1. The summed E-state index contributed by atoms with van der Waals surface area (Å²) in [6.07, 6.45) is 0. The van der Waals surface area contributed by atoms with Crippen LogP contribution in [-0.4, -0.2) is 67.4 Å². The van der Waals surface area contributed by atoms with E-state index in [1.165, 1.54) is 0 Å². The average molecular weight is 577 g/mol. The SMILES string of the molecule is COc1ccc(C(=O)N2CCN(c3ccc(NC(=O)CN(Cc4ccccc4)C(=O)c4ccc(C)cc4)cc3)CC2)cc1. The monoisotopic (exact) mass is 576 g/mol. The minimum atomic E-state index is -0.269. The second kappa shape index (κ2) is 13.7. The van der Waals surface area contributed by atoms with Crippen LogP contribution in [0.5, 0.6) is 5.75 Å². The fourth-order valence-electron chi connectivity index (χ4n) is 5.10. The highest BCUT2D eigenvalue weighted by Crippen LogP contribution is 2.21.